The zero-order chi connectivity index (χ0) is 16.4. The Balaban J connectivity index is 1.75. The number of morpholine rings is 1. The van der Waals surface area contributed by atoms with Gasteiger partial charge in [0.15, 0.2) is 11.6 Å². The molecule has 3 heterocycles. The minimum absolute atomic E-state index is 0.754. The predicted octanol–water partition coefficient (Wildman–Crippen LogP) is 3.63. The fraction of sp³-hybridized carbons (Fsp3) is 0.333. The zero-order valence-electron chi connectivity index (χ0n) is 13.7. The van der Waals surface area contributed by atoms with Crippen LogP contribution in [0, 0.1) is 0 Å². The van der Waals surface area contributed by atoms with Gasteiger partial charge in [0.2, 0.25) is 0 Å². The second-order valence-corrected chi connectivity index (χ2v) is 6.63. The number of nitrogens with one attached hydrogen (secondary N) is 1. The number of hydrogen-bond donors (Lipinski definition) is 1. The first-order valence-electron chi connectivity index (χ1n) is 8.27. The van der Waals surface area contributed by atoms with E-state index in [1.807, 2.05) is 0 Å². The molecule has 4 rings (SSSR count). The highest BCUT2D eigenvalue weighted by molar-refractivity contribution is 7.17. The van der Waals surface area contributed by atoms with Crippen LogP contribution in [0.25, 0.3) is 21.6 Å². The lowest BCUT2D eigenvalue weighted by atomic mass is 10.2. The molecule has 1 aliphatic rings. The number of benzene rings is 1. The van der Waals surface area contributed by atoms with Crippen LogP contribution in [0.1, 0.15) is 6.92 Å². The number of anilines is 2. The van der Waals surface area contributed by atoms with Crippen molar-refractivity contribution in [1.82, 2.24) is 9.97 Å². The highest BCUT2D eigenvalue weighted by Gasteiger charge is 2.18. The van der Waals surface area contributed by atoms with Crippen molar-refractivity contribution in [1.29, 1.82) is 0 Å². The van der Waals surface area contributed by atoms with Gasteiger partial charge in [-0.25, -0.2) is 9.97 Å². The van der Waals surface area contributed by atoms with E-state index in [0.29, 0.717) is 0 Å². The molecule has 1 aromatic carbocycles. The van der Waals surface area contributed by atoms with E-state index < -0.39 is 0 Å². The molecule has 0 amide bonds. The normalized spacial score (nSPS) is 15.0. The first-order valence-corrected chi connectivity index (χ1v) is 9.15. The van der Waals surface area contributed by atoms with Crippen LogP contribution in [-0.4, -0.2) is 42.8 Å². The Labute approximate surface area is 145 Å². The van der Waals surface area contributed by atoms with Crippen LogP contribution in [0.5, 0.6) is 0 Å². The lowest BCUT2D eigenvalue weighted by molar-refractivity contribution is 0.122. The summed E-state index contributed by atoms with van der Waals surface area (Å²) >= 11 is 1.70. The molecule has 124 valence electrons. The quantitative estimate of drug-likeness (QED) is 0.786. The van der Waals surface area contributed by atoms with E-state index in [4.69, 9.17) is 14.7 Å². The molecule has 1 aliphatic heterocycles. The van der Waals surface area contributed by atoms with Crippen molar-refractivity contribution in [3.05, 3.63) is 35.7 Å². The van der Waals surface area contributed by atoms with Crippen molar-refractivity contribution in [2.24, 2.45) is 0 Å². The van der Waals surface area contributed by atoms with Gasteiger partial charge in [-0.05, 0) is 42.6 Å². The maximum absolute atomic E-state index is 5.48. The minimum atomic E-state index is 0.754. The predicted molar refractivity (Wildman–Crippen MR) is 100 cm³/mol. The maximum Gasteiger partial charge on any atom is 0.162 e. The van der Waals surface area contributed by atoms with Crippen molar-refractivity contribution >= 4 is 33.1 Å². The van der Waals surface area contributed by atoms with Crippen molar-refractivity contribution in [3.8, 4) is 11.4 Å². The third-order valence-corrected chi connectivity index (χ3v) is 5.02. The summed E-state index contributed by atoms with van der Waals surface area (Å²) in [5, 5.41) is 5.40. The molecule has 6 heteroatoms. The average molecular weight is 340 g/mol. The third kappa shape index (κ3) is 2.95. The van der Waals surface area contributed by atoms with Crippen molar-refractivity contribution in [2.75, 3.05) is 43.1 Å². The fourth-order valence-corrected chi connectivity index (χ4v) is 3.76. The Bertz CT molecular complexity index is 825. The molecule has 1 saturated heterocycles. The molecule has 0 saturated carbocycles. The average Bonchev–Trinajstić information content (AvgIpc) is 3.11. The summed E-state index contributed by atoms with van der Waals surface area (Å²) in [5.41, 5.74) is 3.17. The molecule has 0 atom stereocenters. The molecule has 1 fully saturated rings. The molecular formula is C18H20N4OS. The Morgan fingerprint density at radius 2 is 1.92 bits per heavy atom. The van der Waals surface area contributed by atoms with E-state index in [0.717, 1.165) is 66.0 Å². The van der Waals surface area contributed by atoms with Crippen LogP contribution in [0.4, 0.5) is 11.5 Å². The van der Waals surface area contributed by atoms with Gasteiger partial charge >= 0.3 is 0 Å². The SMILES string of the molecule is CCNc1ccc(-c2nc(N3CCOCC3)c3sccc3n2)cc1. The molecule has 0 aliphatic carbocycles. The third-order valence-electron chi connectivity index (χ3n) is 4.12. The molecule has 3 aromatic rings. The maximum atomic E-state index is 5.48. The summed E-state index contributed by atoms with van der Waals surface area (Å²) in [6.45, 7) is 6.27. The van der Waals surface area contributed by atoms with Crippen LogP contribution >= 0.6 is 11.3 Å². The molecule has 5 nitrogen and oxygen atoms in total. The Morgan fingerprint density at radius 3 is 2.67 bits per heavy atom. The number of rotatable bonds is 4. The number of aromatic nitrogens is 2. The summed E-state index contributed by atoms with van der Waals surface area (Å²) in [6, 6.07) is 10.4. The molecular weight excluding hydrogens is 320 g/mol. The zero-order valence-corrected chi connectivity index (χ0v) is 14.5. The van der Waals surface area contributed by atoms with E-state index in [-0.39, 0.29) is 0 Å². The van der Waals surface area contributed by atoms with E-state index in [1.54, 1.807) is 11.3 Å². The van der Waals surface area contributed by atoms with E-state index in [1.165, 1.54) is 0 Å². The number of nitrogens with zero attached hydrogens (tertiary/aromatic N) is 3. The van der Waals surface area contributed by atoms with E-state index in [2.05, 4.69) is 52.9 Å². The molecule has 0 spiro atoms. The lowest BCUT2D eigenvalue weighted by Crippen LogP contribution is -2.36. The van der Waals surface area contributed by atoms with Crippen molar-refractivity contribution < 1.29 is 4.74 Å². The number of ether oxygens (including phenoxy) is 1. The summed E-state index contributed by atoms with van der Waals surface area (Å²) in [4.78, 5) is 12.0. The van der Waals surface area contributed by atoms with Gasteiger partial charge in [0.1, 0.15) is 0 Å². The summed E-state index contributed by atoms with van der Waals surface area (Å²) in [5.74, 6) is 1.81. The minimum Gasteiger partial charge on any atom is -0.385 e. The first-order chi connectivity index (χ1) is 11.8. The summed E-state index contributed by atoms with van der Waals surface area (Å²) < 4.78 is 6.63. The standard InChI is InChI=1S/C18H20N4OS/c1-2-19-14-5-3-13(4-6-14)17-20-15-7-12-24-16(15)18(21-17)22-8-10-23-11-9-22/h3-7,12,19H,2,8-11H2,1H3. The molecule has 0 unspecified atom stereocenters. The van der Waals surface area contributed by atoms with Gasteiger partial charge in [0.05, 0.1) is 23.4 Å². The van der Waals surface area contributed by atoms with Crippen LogP contribution in [0.15, 0.2) is 35.7 Å². The van der Waals surface area contributed by atoms with Gasteiger partial charge in [0.25, 0.3) is 0 Å². The second kappa shape index (κ2) is 6.75. The van der Waals surface area contributed by atoms with Crippen LogP contribution in [0.2, 0.25) is 0 Å². The molecule has 24 heavy (non-hydrogen) atoms. The number of thiophene rings is 1. The fourth-order valence-electron chi connectivity index (χ4n) is 2.91. The Morgan fingerprint density at radius 1 is 1.12 bits per heavy atom. The van der Waals surface area contributed by atoms with Gasteiger partial charge in [-0.2, -0.15) is 0 Å². The largest absolute Gasteiger partial charge is 0.385 e. The van der Waals surface area contributed by atoms with Crippen LogP contribution in [-0.2, 0) is 4.74 Å². The smallest absolute Gasteiger partial charge is 0.162 e. The van der Waals surface area contributed by atoms with Gasteiger partial charge in [-0.3, -0.25) is 0 Å². The highest BCUT2D eigenvalue weighted by Crippen LogP contribution is 2.32. The number of hydrogen-bond acceptors (Lipinski definition) is 6. The monoisotopic (exact) mass is 340 g/mol. The number of fused-ring (bicyclic) bond motifs is 1. The van der Waals surface area contributed by atoms with E-state index >= 15 is 0 Å². The highest BCUT2D eigenvalue weighted by atomic mass is 32.1. The first kappa shape index (κ1) is 15.4. The summed E-state index contributed by atoms with van der Waals surface area (Å²) in [6.07, 6.45) is 0. The Hall–Kier alpha value is -2.18. The van der Waals surface area contributed by atoms with Crippen LogP contribution in [0.3, 0.4) is 0 Å². The van der Waals surface area contributed by atoms with Crippen molar-refractivity contribution in [2.45, 2.75) is 6.92 Å². The van der Waals surface area contributed by atoms with Gasteiger partial charge in [-0.15, -0.1) is 11.3 Å². The lowest BCUT2D eigenvalue weighted by Gasteiger charge is -2.28. The van der Waals surface area contributed by atoms with Crippen LogP contribution < -0.4 is 10.2 Å². The van der Waals surface area contributed by atoms with Crippen molar-refractivity contribution in [3.63, 3.8) is 0 Å². The van der Waals surface area contributed by atoms with Gasteiger partial charge in [0, 0.05) is 30.9 Å². The summed E-state index contributed by atoms with van der Waals surface area (Å²) in [7, 11) is 0. The van der Waals surface area contributed by atoms with Gasteiger partial charge in [-0.1, -0.05) is 0 Å². The molecule has 0 radical (unpaired) electrons. The second-order valence-electron chi connectivity index (χ2n) is 5.71. The topological polar surface area (TPSA) is 50.3 Å². The van der Waals surface area contributed by atoms with E-state index in [9.17, 15) is 0 Å². The molecule has 2 aromatic heterocycles. The Kier molecular flexibility index (Phi) is 4.32. The van der Waals surface area contributed by atoms with Gasteiger partial charge < -0.3 is 15.0 Å². The molecule has 0 bridgehead atoms. The molecule has 1 N–H and O–H groups in total.